The van der Waals surface area contributed by atoms with Crippen LogP contribution in [0.2, 0.25) is 0 Å². The molecule has 2 nitrogen and oxygen atoms in total. The molecule has 0 aromatic heterocycles. The largest absolute Gasteiger partial charge is 0.382 e. The van der Waals surface area contributed by atoms with E-state index in [1.807, 2.05) is 6.92 Å². The smallest absolute Gasteiger partial charge is 0.0466 e. The summed E-state index contributed by atoms with van der Waals surface area (Å²) < 4.78 is 10.6. The highest BCUT2D eigenvalue weighted by Gasteiger charge is 1.90. The van der Waals surface area contributed by atoms with Gasteiger partial charge in [0.1, 0.15) is 0 Å². The Balaban J connectivity index is 2.76. The molecule has 0 aliphatic rings. The SMILES string of the molecule is CCOCCCCOCCCCS. The first-order chi connectivity index (χ1) is 6.41. The predicted octanol–water partition coefficient (Wildman–Crippen LogP) is 2.53. The lowest BCUT2D eigenvalue weighted by Crippen LogP contribution is -2.00. The number of hydrogen-bond acceptors (Lipinski definition) is 3. The first-order valence-electron chi connectivity index (χ1n) is 5.18. The van der Waals surface area contributed by atoms with Gasteiger partial charge in [0.15, 0.2) is 0 Å². The molecular weight excluding hydrogens is 184 g/mol. The first kappa shape index (κ1) is 13.3. The molecule has 0 spiro atoms. The van der Waals surface area contributed by atoms with Crippen molar-refractivity contribution in [3.8, 4) is 0 Å². The molecule has 0 heterocycles. The molecule has 3 heteroatoms. The zero-order valence-electron chi connectivity index (χ0n) is 8.63. The normalized spacial score (nSPS) is 10.6. The van der Waals surface area contributed by atoms with E-state index in [2.05, 4.69) is 12.6 Å². The van der Waals surface area contributed by atoms with Gasteiger partial charge in [-0.25, -0.2) is 0 Å². The molecule has 0 aromatic carbocycles. The van der Waals surface area contributed by atoms with Crippen molar-refractivity contribution in [2.45, 2.75) is 32.6 Å². The summed E-state index contributed by atoms with van der Waals surface area (Å²) in [7, 11) is 0. The Morgan fingerprint density at radius 1 is 0.846 bits per heavy atom. The van der Waals surface area contributed by atoms with Crippen molar-refractivity contribution in [3.63, 3.8) is 0 Å². The molecule has 0 saturated heterocycles. The molecule has 13 heavy (non-hydrogen) atoms. The summed E-state index contributed by atoms with van der Waals surface area (Å²) in [5.74, 6) is 0.966. The van der Waals surface area contributed by atoms with Crippen LogP contribution in [0.5, 0.6) is 0 Å². The lowest BCUT2D eigenvalue weighted by Gasteiger charge is -2.03. The van der Waals surface area contributed by atoms with Gasteiger partial charge in [-0.3, -0.25) is 0 Å². The summed E-state index contributed by atoms with van der Waals surface area (Å²) in [5.41, 5.74) is 0. The zero-order chi connectivity index (χ0) is 9.78. The summed E-state index contributed by atoms with van der Waals surface area (Å²) in [6.07, 6.45) is 4.51. The van der Waals surface area contributed by atoms with E-state index < -0.39 is 0 Å². The highest BCUT2D eigenvalue weighted by Crippen LogP contribution is 1.95. The third-order valence-electron chi connectivity index (χ3n) is 1.73. The summed E-state index contributed by atoms with van der Waals surface area (Å²) in [6.45, 7) is 5.47. The molecule has 0 bridgehead atoms. The van der Waals surface area contributed by atoms with Crippen molar-refractivity contribution in [2.24, 2.45) is 0 Å². The Hall–Kier alpha value is 0.270. The van der Waals surface area contributed by atoms with Crippen LogP contribution in [-0.4, -0.2) is 32.2 Å². The van der Waals surface area contributed by atoms with Crippen LogP contribution in [0.25, 0.3) is 0 Å². The van der Waals surface area contributed by atoms with Crippen LogP contribution >= 0.6 is 12.6 Å². The minimum Gasteiger partial charge on any atom is -0.382 e. The van der Waals surface area contributed by atoms with E-state index in [4.69, 9.17) is 9.47 Å². The molecule has 0 atom stereocenters. The number of unbranched alkanes of at least 4 members (excludes halogenated alkanes) is 2. The molecule has 0 unspecified atom stereocenters. The third-order valence-corrected chi connectivity index (χ3v) is 2.04. The van der Waals surface area contributed by atoms with Crippen molar-refractivity contribution >= 4 is 12.6 Å². The summed E-state index contributed by atoms with van der Waals surface area (Å²) in [6, 6.07) is 0. The Kier molecular flexibility index (Phi) is 12.5. The van der Waals surface area contributed by atoms with Crippen LogP contribution in [0.1, 0.15) is 32.6 Å². The van der Waals surface area contributed by atoms with Crippen LogP contribution in [-0.2, 0) is 9.47 Å². The highest BCUT2D eigenvalue weighted by atomic mass is 32.1. The fourth-order valence-electron chi connectivity index (χ4n) is 0.971. The third kappa shape index (κ3) is 12.3. The van der Waals surface area contributed by atoms with Gasteiger partial charge < -0.3 is 9.47 Å². The van der Waals surface area contributed by atoms with Gasteiger partial charge in [-0.2, -0.15) is 12.6 Å². The number of rotatable bonds is 10. The van der Waals surface area contributed by atoms with E-state index in [1.165, 1.54) is 0 Å². The molecule has 0 aliphatic heterocycles. The second kappa shape index (κ2) is 12.3. The summed E-state index contributed by atoms with van der Waals surface area (Å²) >= 11 is 4.13. The predicted molar refractivity (Wildman–Crippen MR) is 59.6 cm³/mol. The van der Waals surface area contributed by atoms with Gasteiger partial charge in [0, 0.05) is 26.4 Å². The van der Waals surface area contributed by atoms with Gasteiger partial charge in [-0.1, -0.05) is 0 Å². The van der Waals surface area contributed by atoms with Crippen molar-refractivity contribution in [2.75, 3.05) is 32.2 Å². The van der Waals surface area contributed by atoms with Crippen molar-refractivity contribution in [1.29, 1.82) is 0 Å². The van der Waals surface area contributed by atoms with Gasteiger partial charge in [-0.15, -0.1) is 0 Å². The molecule has 0 aromatic rings. The van der Waals surface area contributed by atoms with Crippen LogP contribution in [0, 0.1) is 0 Å². The van der Waals surface area contributed by atoms with Crippen LogP contribution in [0.4, 0.5) is 0 Å². The highest BCUT2D eigenvalue weighted by molar-refractivity contribution is 7.80. The Morgan fingerprint density at radius 3 is 1.92 bits per heavy atom. The average Bonchev–Trinajstić information content (AvgIpc) is 2.16. The second-order valence-corrected chi connectivity index (χ2v) is 3.39. The maximum Gasteiger partial charge on any atom is 0.0466 e. The van der Waals surface area contributed by atoms with Crippen molar-refractivity contribution in [3.05, 3.63) is 0 Å². The van der Waals surface area contributed by atoms with E-state index in [0.29, 0.717) is 0 Å². The molecule has 0 aliphatic carbocycles. The Morgan fingerprint density at radius 2 is 1.38 bits per heavy atom. The number of ether oxygens (including phenoxy) is 2. The molecule has 0 radical (unpaired) electrons. The number of thiol groups is 1. The topological polar surface area (TPSA) is 18.5 Å². The maximum absolute atomic E-state index is 5.43. The number of hydrogen-bond donors (Lipinski definition) is 1. The van der Waals surface area contributed by atoms with Crippen LogP contribution in [0.3, 0.4) is 0 Å². The van der Waals surface area contributed by atoms with Gasteiger partial charge >= 0.3 is 0 Å². The van der Waals surface area contributed by atoms with Gasteiger partial charge in [-0.05, 0) is 38.4 Å². The Labute approximate surface area is 87.4 Å². The standard InChI is InChI=1S/C10H22O2S/c1-2-11-7-3-4-8-12-9-5-6-10-13/h13H,2-10H2,1H3. The maximum atomic E-state index is 5.43. The van der Waals surface area contributed by atoms with E-state index in [9.17, 15) is 0 Å². The van der Waals surface area contributed by atoms with Gasteiger partial charge in [0.2, 0.25) is 0 Å². The van der Waals surface area contributed by atoms with Crippen molar-refractivity contribution < 1.29 is 9.47 Å². The molecular formula is C10H22O2S. The average molecular weight is 206 g/mol. The lowest BCUT2D eigenvalue weighted by atomic mass is 10.3. The zero-order valence-corrected chi connectivity index (χ0v) is 9.52. The molecule has 0 rings (SSSR count). The van der Waals surface area contributed by atoms with Crippen molar-refractivity contribution in [1.82, 2.24) is 0 Å². The van der Waals surface area contributed by atoms with Crippen LogP contribution < -0.4 is 0 Å². The monoisotopic (exact) mass is 206 g/mol. The minimum absolute atomic E-state index is 0.822. The minimum atomic E-state index is 0.822. The van der Waals surface area contributed by atoms with E-state index in [-0.39, 0.29) is 0 Å². The summed E-state index contributed by atoms with van der Waals surface area (Å²) in [4.78, 5) is 0. The lowest BCUT2D eigenvalue weighted by molar-refractivity contribution is 0.106. The molecule has 0 fully saturated rings. The van der Waals surface area contributed by atoms with E-state index in [1.54, 1.807) is 0 Å². The van der Waals surface area contributed by atoms with Gasteiger partial charge in [0.25, 0.3) is 0 Å². The first-order valence-corrected chi connectivity index (χ1v) is 5.81. The van der Waals surface area contributed by atoms with Crippen LogP contribution in [0.15, 0.2) is 0 Å². The molecule has 0 amide bonds. The van der Waals surface area contributed by atoms with E-state index >= 15 is 0 Å². The van der Waals surface area contributed by atoms with Gasteiger partial charge in [0.05, 0.1) is 0 Å². The van der Waals surface area contributed by atoms with E-state index in [0.717, 1.165) is 57.9 Å². The molecule has 0 saturated carbocycles. The fraction of sp³-hybridized carbons (Fsp3) is 1.00. The second-order valence-electron chi connectivity index (χ2n) is 2.95. The molecule has 0 N–H and O–H groups in total. The quantitative estimate of drug-likeness (QED) is 0.437. The fourth-order valence-corrected chi connectivity index (χ4v) is 1.19. The summed E-state index contributed by atoms with van der Waals surface area (Å²) in [5, 5.41) is 0. The molecule has 80 valence electrons. The Bertz CT molecular complexity index is 79.0.